The van der Waals surface area contributed by atoms with E-state index in [9.17, 15) is 14.4 Å². The molecule has 0 aromatic heterocycles. The van der Waals surface area contributed by atoms with E-state index in [0.717, 1.165) is 12.8 Å². The van der Waals surface area contributed by atoms with Crippen LogP contribution in [0.5, 0.6) is 0 Å². The molecule has 1 aromatic rings. The van der Waals surface area contributed by atoms with Crippen LogP contribution in [0.15, 0.2) is 24.3 Å². The van der Waals surface area contributed by atoms with Crippen LogP contribution in [0.25, 0.3) is 0 Å². The van der Waals surface area contributed by atoms with E-state index in [1.165, 1.54) is 0 Å². The van der Waals surface area contributed by atoms with Gasteiger partial charge in [-0.1, -0.05) is 26.0 Å². The van der Waals surface area contributed by atoms with Crippen molar-refractivity contribution in [3.63, 3.8) is 0 Å². The molecule has 6 nitrogen and oxygen atoms in total. The second-order valence-corrected chi connectivity index (χ2v) is 6.26. The quantitative estimate of drug-likeness (QED) is 0.751. The predicted octanol–water partition coefficient (Wildman–Crippen LogP) is 2.35. The molecule has 1 aliphatic carbocycles. The highest BCUT2D eigenvalue weighted by Gasteiger charge is 2.33. The Morgan fingerprint density at radius 3 is 2.46 bits per heavy atom. The van der Waals surface area contributed by atoms with Crippen LogP contribution in [0.3, 0.4) is 0 Å². The monoisotopic (exact) mass is 332 g/mol. The van der Waals surface area contributed by atoms with Gasteiger partial charge >= 0.3 is 5.97 Å². The second-order valence-electron chi connectivity index (χ2n) is 6.26. The highest BCUT2D eigenvalue weighted by atomic mass is 16.5. The van der Waals surface area contributed by atoms with Gasteiger partial charge in [0, 0.05) is 5.92 Å². The molecule has 0 saturated heterocycles. The molecule has 2 N–H and O–H groups in total. The molecule has 130 valence electrons. The van der Waals surface area contributed by atoms with Crippen molar-refractivity contribution in [3.8, 4) is 0 Å². The van der Waals surface area contributed by atoms with E-state index in [4.69, 9.17) is 4.74 Å². The van der Waals surface area contributed by atoms with Gasteiger partial charge in [-0.3, -0.25) is 9.59 Å². The summed E-state index contributed by atoms with van der Waals surface area (Å²) >= 11 is 0. The van der Waals surface area contributed by atoms with E-state index in [2.05, 4.69) is 10.6 Å². The largest absolute Gasteiger partial charge is 0.462 e. The van der Waals surface area contributed by atoms with Gasteiger partial charge in [-0.2, -0.15) is 0 Å². The molecule has 0 radical (unpaired) electrons. The SMILES string of the molecule is CCOC(=O)c1ccccc1NC(=O)C(NC(=O)C1CC1)C(C)C. The van der Waals surface area contributed by atoms with Crippen molar-refractivity contribution in [1.29, 1.82) is 0 Å². The average molecular weight is 332 g/mol. The summed E-state index contributed by atoms with van der Waals surface area (Å²) in [7, 11) is 0. The lowest BCUT2D eigenvalue weighted by Gasteiger charge is -2.22. The van der Waals surface area contributed by atoms with Gasteiger partial charge in [-0.25, -0.2) is 4.79 Å². The Kier molecular flexibility index (Phi) is 5.95. The molecule has 2 amide bonds. The molecule has 2 rings (SSSR count). The Hall–Kier alpha value is -2.37. The average Bonchev–Trinajstić information content (AvgIpc) is 3.37. The fourth-order valence-corrected chi connectivity index (χ4v) is 2.34. The third kappa shape index (κ3) is 4.57. The number of nitrogens with one attached hydrogen (secondary N) is 2. The van der Waals surface area contributed by atoms with Gasteiger partial charge in [0.15, 0.2) is 0 Å². The Labute approximate surface area is 142 Å². The first kappa shape index (κ1) is 18.0. The Balaban J connectivity index is 2.11. The molecule has 6 heteroatoms. The van der Waals surface area contributed by atoms with E-state index >= 15 is 0 Å². The summed E-state index contributed by atoms with van der Waals surface area (Å²) < 4.78 is 5.00. The highest BCUT2D eigenvalue weighted by Crippen LogP contribution is 2.29. The van der Waals surface area contributed by atoms with Crippen LogP contribution in [0.2, 0.25) is 0 Å². The zero-order valence-corrected chi connectivity index (χ0v) is 14.3. The maximum Gasteiger partial charge on any atom is 0.340 e. The standard InChI is InChI=1S/C18H24N2O4/c1-4-24-18(23)13-7-5-6-8-14(13)19-17(22)15(11(2)3)20-16(21)12-9-10-12/h5-8,11-12,15H,4,9-10H2,1-3H3,(H,19,22)(H,20,21). The molecule has 1 aromatic carbocycles. The first-order chi connectivity index (χ1) is 11.4. The number of carbonyl (C=O) groups excluding carboxylic acids is 3. The molecule has 0 spiro atoms. The highest BCUT2D eigenvalue weighted by molar-refractivity contribution is 6.03. The number of anilines is 1. The van der Waals surface area contributed by atoms with Crippen molar-refractivity contribution < 1.29 is 19.1 Å². The molecular formula is C18H24N2O4. The number of amides is 2. The third-order valence-electron chi connectivity index (χ3n) is 3.88. The van der Waals surface area contributed by atoms with Gasteiger partial charge in [0.1, 0.15) is 6.04 Å². The van der Waals surface area contributed by atoms with E-state index in [-0.39, 0.29) is 30.3 Å². The molecule has 0 aliphatic heterocycles. The van der Waals surface area contributed by atoms with Crippen LogP contribution < -0.4 is 10.6 Å². The lowest BCUT2D eigenvalue weighted by Crippen LogP contribution is -2.47. The van der Waals surface area contributed by atoms with Crippen molar-refractivity contribution in [3.05, 3.63) is 29.8 Å². The number of esters is 1. The van der Waals surface area contributed by atoms with E-state index in [1.54, 1.807) is 31.2 Å². The van der Waals surface area contributed by atoms with Crippen LogP contribution in [0, 0.1) is 11.8 Å². The number of benzene rings is 1. The lowest BCUT2D eigenvalue weighted by atomic mass is 10.0. The summed E-state index contributed by atoms with van der Waals surface area (Å²) in [5.74, 6) is -0.942. The number of ether oxygens (including phenoxy) is 1. The van der Waals surface area contributed by atoms with Gasteiger partial charge in [0.05, 0.1) is 17.9 Å². The lowest BCUT2D eigenvalue weighted by molar-refractivity contribution is -0.128. The van der Waals surface area contributed by atoms with Gasteiger partial charge in [0.25, 0.3) is 0 Å². The molecule has 1 saturated carbocycles. The minimum absolute atomic E-state index is 0.0332. The van der Waals surface area contributed by atoms with Crippen molar-refractivity contribution in [2.45, 2.75) is 39.7 Å². The van der Waals surface area contributed by atoms with Gasteiger partial charge < -0.3 is 15.4 Å². The van der Waals surface area contributed by atoms with Crippen LogP contribution >= 0.6 is 0 Å². The first-order valence-electron chi connectivity index (χ1n) is 8.31. The number of carbonyl (C=O) groups is 3. The molecule has 0 bridgehead atoms. The Morgan fingerprint density at radius 2 is 1.88 bits per heavy atom. The summed E-state index contributed by atoms with van der Waals surface area (Å²) in [4.78, 5) is 36.5. The van der Waals surface area contributed by atoms with Crippen molar-refractivity contribution >= 4 is 23.5 Å². The Morgan fingerprint density at radius 1 is 1.21 bits per heavy atom. The summed E-state index contributed by atoms with van der Waals surface area (Å²) in [6, 6.07) is 6.03. The maximum atomic E-state index is 12.6. The molecular weight excluding hydrogens is 308 g/mol. The number of rotatable bonds is 7. The zero-order valence-electron chi connectivity index (χ0n) is 14.3. The first-order valence-corrected chi connectivity index (χ1v) is 8.31. The van der Waals surface area contributed by atoms with Crippen molar-refractivity contribution in [1.82, 2.24) is 5.32 Å². The molecule has 1 unspecified atom stereocenters. The molecule has 24 heavy (non-hydrogen) atoms. The van der Waals surface area contributed by atoms with E-state index in [1.807, 2.05) is 13.8 Å². The van der Waals surface area contributed by atoms with Gasteiger partial charge in [-0.05, 0) is 37.8 Å². The van der Waals surface area contributed by atoms with Crippen LogP contribution in [-0.4, -0.2) is 30.4 Å². The third-order valence-corrected chi connectivity index (χ3v) is 3.88. The second kappa shape index (κ2) is 7.95. The Bertz CT molecular complexity index is 623. The molecule has 1 fully saturated rings. The normalized spacial score (nSPS) is 14.8. The molecule has 1 aliphatic rings. The predicted molar refractivity (Wildman–Crippen MR) is 90.5 cm³/mol. The van der Waals surface area contributed by atoms with E-state index < -0.39 is 12.0 Å². The number of hydrogen-bond acceptors (Lipinski definition) is 4. The smallest absolute Gasteiger partial charge is 0.340 e. The maximum absolute atomic E-state index is 12.6. The van der Waals surface area contributed by atoms with Crippen LogP contribution in [-0.2, 0) is 14.3 Å². The number of para-hydroxylation sites is 1. The minimum Gasteiger partial charge on any atom is -0.462 e. The fourth-order valence-electron chi connectivity index (χ4n) is 2.34. The van der Waals surface area contributed by atoms with Gasteiger partial charge in [0.2, 0.25) is 11.8 Å². The molecule has 1 atom stereocenters. The van der Waals surface area contributed by atoms with Gasteiger partial charge in [-0.15, -0.1) is 0 Å². The summed E-state index contributed by atoms with van der Waals surface area (Å²) in [5, 5.41) is 5.55. The minimum atomic E-state index is -0.645. The summed E-state index contributed by atoms with van der Waals surface area (Å²) in [5.41, 5.74) is 0.677. The summed E-state index contributed by atoms with van der Waals surface area (Å²) in [6.07, 6.45) is 1.76. The van der Waals surface area contributed by atoms with Crippen LogP contribution in [0.1, 0.15) is 44.0 Å². The van der Waals surface area contributed by atoms with E-state index in [0.29, 0.717) is 11.3 Å². The van der Waals surface area contributed by atoms with Crippen molar-refractivity contribution in [2.75, 3.05) is 11.9 Å². The topological polar surface area (TPSA) is 84.5 Å². The van der Waals surface area contributed by atoms with Crippen LogP contribution in [0.4, 0.5) is 5.69 Å². The zero-order chi connectivity index (χ0) is 17.7. The fraction of sp³-hybridized carbons (Fsp3) is 0.500. The summed E-state index contributed by atoms with van der Waals surface area (Å²) in [6.45, 7) is 5.72. The molecule has 0 heterocycles. The number of hydrogen-bond donors (Lipinski definition) is 2. The van der Waals surface area contributed by atoms with Crippen molar-refractivity contribution in [2.24, 2.45) is 11.8 Å².